The molecule has 0 spiro atoms. The molecule has 4 saturated heterocycles. The summed E-state index contributed by atoms with van der Waals surface area (Å²) in [7, 11) is 1.67. The Balaban J connectivity index is 1.35. The predicted octanol–water partition coefficient (Wildman–Crippen LogP) is 4.00. The van der Waals surface area contributed by atoms with Crippen LogP contribution >= 0.6 is 69.6 Å². The highest BCUT2D eigenvalue weighted by Crippen LogP contribution is 2.41. The Bertz CT molecular complexity index is 3980. The van der Waals surface area contributed by atoms with E-state index in [1.54, 1.807) is 36.4 Å². The number of carbonyl (C=O) groups is 13. The smallest absolute Gasteiger partial charge is 0.407 e. The van der Waals surface area contributed by atoms with E-state index in [1.165, 1.54) is 84.9 Å². The van der Waals surface area contributed by atoms with Crippen LogP contribution in [0.3, 0.4) is 0 Å². The minimum absolute atomic E-state index is 0.147. The maximum Gasteiger partial charge on any atom is 0.407 e. The topological polar surface area (TPSA) is 454 Å². The second-order valence-electron chi connectivity index (χ2n) is 24.6. The van der Waals surface area contributed by atoms with Gasteiger partial charge in [-0.25, -0.2) is 28.8 Å². The van der Waals surface area contributed by atoms with Crippen LogP contribution in [0.5, 0.6) is 0 Å². The predicted molar refractivity (Wildman–Crippen MR) is 381 cm³/mol. The summed E-state index contributed by atoms with van der Waals surface area (Å²) in [6.07, 6.45) is -42.1. The van der Waals surface area contributed by atoms with Gasteiger partial charge in [0.2, 0.25) is 0 Å². The Morgan fingerprint density at radius 1 is 0.407 bits per heavy atom. The Hall–Kier alpha value is -8.83. The molecule has 0 saturated carbocycles. The van der Waals surface area contributed by atoms with Crippen LogP contribution in [0.2, 0.25) is 0 Å². The van der Waals surface area contributed by atoms with Crippen molar-refractivity contribution >= 4 is 147 Å². The molecule has 20 atom stereocenters. The number of alkyl carbamates (subject to hydrolysis) is 1. The molecular weight excluding hydrogens is 1640 g/mol. The molecule has 4 N–H and O–H groups in total. The molecule has 4 aromatic carbocycles. The largest absolute Gasteiger partial charge is 0.467 e. The Morgan fingerprint density at radius 3 is 1.22 bits per heavy atom. The summed E-state index contributed by atoms with van der Waals surface area (Å²) >= 11 is 37.5. The first-order chi connectivity index (χ1) is 53.6. The molecule has 0 unspecified atom stereocenters. The van der Waals surface area contributed by atoms with Crippen LogP contribution in [0, 0.1) is 0 Å². The molecule has 4 heterocycles. The maximum atomic E-state index is 15.1. The molecule has 0 aromatic heterocycles. The minimum atomic E-state index is -3.06. The number of alkyl halides is 6. The molecule has 4 aliphatic heterocycles. The second kappa shape index (κ2) is 41.5. The highest BCUT2D eigenvalue weighted by atomic mass is 35.6. The van der Waals surface area contributed by atoms with Crippen LogP contribution in [0.4, 0.5) is 4.79 Å². The van der Waals surface area contributed by atoms with Gasteiger partial charge in [0, 0.05) is 41.2 Å². The monoisotopic (exact) mass is 1710 g/mol. The zero-order valence-electron chi connectivity index (χ0n) is 60.4. The summed E-state index contributed by atoms with van der Waals surface area (Å²) in [4.78, 5) is 181. The van der Waals surface area contributed by atoms with Gasteiger partial charge in [0.15, 0.2) is 80.1 Å². The number of aliphatic hydroxyl groups excluding tert-OH is 1. The zero-order valence-corrected chi connectivity index (χ0v) is 64.9. The van der Waals surface area contributed by atoms with E-state index in [9.17, 15) is 53.1 Å². The lowest BCUT2D eigenvalue weighted by molar-refractivity contribution is -0.368. The van der Waals surface area contributed by atoms with Crippen LogP contribution in [-0.4, -0.2) is 254 Å². The standard InChI is InChI=1S/C71H75Cl6N3O33/c1-33(82)98-32-43-47(100-34(2)83)49(110-65-56(103-37(5)86)52(102-36(4)85)50(101-35(3)84)54(112-65)61(90)95-6)45(80-68(93)71(75,76)77)64(105-43)111-51-53(107-59(88)40-24-16-10-17-25-40)57(108-60(89)41-26-18-11-19-27-41)66(113-55(51)62(91)96-7)109-48-44(79-67(92)70(72,73)74)63(97-29-28-78-69(94)99-31-38-20-12-8-13-21-38)104-42(30-81)46(48)106-58(87)39-22-14-9-15-23-39/h8-27,42-57,63-66,81H,28-32H2,1-7H3,(H,78,94)(H,79,92)(H,80,93)/t42-,43-,44-,45-,46+,47+,48-,49-,50+,51+,52+,53+,54+,55+,56-,57-,63-,64+,65-,66-/m1/s1. The van der Waals surface area contributed by atoms with Crippen LogP contribution in [0.1, 0.15) is 71.3 Å². The van der Waals surface area contributed by atoms with Crippen molar-refractivity contribution in [3.05, 3.63) is 144 Å². The van der Waals surface area contributed by atoms with Crippen molar-refractivity contribution in [2.45, 2.75) is 172 Å². The number of rotatable bonds is 29. The molecule has 8 rings (SSSR count). The van der Waals surface area contributed by atoms with Crippen molar-refractivity contribution in [2.75, 3.05) is 40.6 Å². The van der Waals surface area contributed by atoms with Gasteiger partial charge >= 0.3 is 65.8 Å². The van der Waals surface area contributed by atoms with Crippen LogP contribution < -0.4 is 16.0 Å². The Morgan fingerprint density at radius 2 is 0.779 bits per heavy atom. The normalized spacial score (nSPS) is 27.5. The lowest BCUT2D eigenvalue weighted by Crippen LogP contribution is -2.72. The minimum Gasteiger partial charge on any atom is -0.467 e. The van der Waals surface area contributed by atoms with E-state index in [0.29, 0.717) is 5.56 Å². The highest BCUT2D eigenvalue weighted by molar-refractivity contribution is 6.76. The fourth-order valence-corrected chi connectivity index (χ4v) is 12.1. The van der Waals surface area contributed by atoms with Gasteiger partial charge in [-0.2, -0.15) is 0 Å². The molecule has 42 heteroatoms. The van der Waals surface area contributed by atoms with Gasteiger partial charge in [-0.3, -0.25) is 33.6 Å². The third-order valence-electron chi connectivity index (χ3n) is 16.6. The molecule has 4 aromatic rings. The van der Waals surface area contributed by atoms with E-state index in [0.717, 1.165) is 48.8 Å². The summed E-state index contributed by atoms with van der Waals surface area (Å²) < 4.78 is 108. The summed E-state index contributed by atoms with van der Waals surface area (Å²) in [6.45, 7) is 1.08. The summed E-state index contributed by atoms with van der Waals surface area (Å²) in [5.74, 6) is -15.7. The van der Waals surface area contributed by atoms with Crippen molar-refractivity contribution in [1.29, 1.82) is 0 Å². The first-order valence-electron chi connectivity index (χ1n) is 33.9. The number of nitrogens with one attached hydrogen (secondary N) is 3. The number of halogens is 6. The molecular formula is C71H75Cl6N3O33. The maximum absolute atomic E-state index is 15.1. The lowest BCUT2D eigenvalue weighted by atomic mass is 9.93. The molecule has 0 aliphatic carbocycles. The third-order valence-corrected chi connectivity index (χ3v) is 17.6. The fraction of sp³-hybridized carbons (Fsp3) is 0.479. The van der Waals surface area contributed by atoms with Crippen LogP contribution in [0.15, 0.2) is 121 Å². The number of benzene rings is 4. The van der Waals surface area contributed by atoms with Crippen molar-refractivity contribution in [2.24, 2.45) is 0 Å². The van der Waals surface area contributed by atoms with Gasteiger partial charge in [0.25, 0.3) is 19.4 Å². The van der Waals surface area contributed by atoms with E-state index in [4.69, 9.17) is 160 Å². The van der Waals surface area contributed by atoms with E-state index in [-0.39, 0.29) is 23.3 Å². The van der Waals surface area contributed by atoms with Crippen molar-refractivity contribution < 1.29 is 157 Å². The van der Waals surface area contributed by atoms with Crippen LogP contribution in [0.25, 0.3) is 0 Å². The molecule has 0 bridgehead atoms. The number of ether oxygens (including phenoxy) is 19. The highest BCUT2D eigenvalue weighted by Gasteiger charge is 2.63. The van der Waals surface area contributed by atoms with Gasteiger partial charge in [-0.15, -0.1) is 0 Å². The average Bonchev–Trinajstić information content (AvgIpc) is 0.751. The van der Waals surface area contributed by atoms with Crippen molar-refractivity contribution in [3.63, 3.8) is 0 Å². The van der Waals surface area contributed by atoms with Crippen LogP contribution in [-0.2, 0) is 140 Å². The number of esters is 10. The van der Waals surface area contributed by atoms with E-state index in [1.807, 2.05) is 0 Å². The van der Waals surface area contributed by atoms with E-state index >= 15 is 14.4 Å². The van der Waals surface area contributed by atoms with Crippen molar-refractivity contribution in [1.82, 2.24) is 16.0 Å². The zero-order chi connectivity index (χ0) is 82.6. The van der Waals surface area contributed by atoms with Gasteiger partial charge in [0.05, 0.1) is 44.1 Å². The third kappa shape index (κ3) is 24.8. The first-order valence-corrected chi connectivity index (χ1v) is 36.1. The number of amides is 3. The average molecular weight is 1710 g/mol. The number of carbonyl (C=O) groups excluding carboxylic acids is 13. The number of aliphatic hydroxyl groups is 1. The number of hydrogen-bond donors (Lipinski definition) is 4. The fourth-order valence-electron chi connectivity index (χ4n) is 11.8. The van der Waals surface area contributed by atoms with E-state index in [2.05, 4.69) is 16.0 Å². The van der Waals surface area contributed by atoms with Crippen molar-refractivity contribution in [3.8, 4) is 0 Å². The molecule has 0 radical (unpaired) electrons. The first kappa shape index (κ1) is 89.7. The Kier molecular flexibility index (Phi) is 32.9. The molecule has 3 amide bonds. The molecule has 614 valence electrons. The SMILES string of the molecule is COC(=O)[C@H]1O[C@@H](O[C@@H]2[C@@H](NC(=O)C(Cl)(Cl)Cl)[C@H](O[C@H]3[C@H](OC(=O)c4ccccc4)[C@@H](OC(=O)c4ccccc4)[C@H](O[C@@H]4[C@@H](NC(=O)C(Cl)(Cl)Cl)[C@H](OCCNC(=O)OCc5ccccc5)O[C@H](CO)[C@@H]4OC(=O)c4ccccc4)O[C@@H]3C(=O)OC)O[C@H](COC(C)=O)[C@@H]2OC(C)=O)[C@H](OC(C)=O)[C@@H](OC(C)=O)[C@@H]1OC(C)=O. The summed E-state index contributed by atoms with van der Waals surface area (Å²) in [6, 6.07) is 24.8. The molecule has 36 nitrogen and oxygen atoms in total. The molecule has 113 heavy (non-hydrogen) atoms. The molecule has 4 fully saturated rings. The van der Waals surface area contributed by atoms with E-state index < -0.39 is 234 Å². The number of methoxy groups -OCH3 is 2. The molecule has 4 aliphatic rings. The second-order valence-corrected chi connectivity index (χ2v) is 29.2. The number of hydrogen-bond acceptors (Lipinski definition) is 33. The van der Waals surface area contributed by atoms with Gasteiger partial charge < -0.3 is 111 Å². The summed E-state index contributed by atoms with van der Waals surface area (Å²) in [5, 5.41) is 18.5. The quantitative estimate of drug-likeness (QED) is 0.0258. The van der Waals surface area contributed by atoms with Gasteiger partial charge in [-0.05, 0) is 42.0 Å². The lowest BCUT2D eigenvalue weighted by Gasteiger charge is -2.51. The van der Waals surface area contributed by atoms with Gasteiger partial charge in [0.1, 0.15) is 55.8 Å². The summed E-state index contributed by atoms with van der Waals surface area (Å²) in [5.41, 5.74) is -0.0880. The van der Waals surface area contributed by atoms with Gasteiger partial charge in [-0.1, -0.05) is 155 Å². The Labute approximate surface area is 672 Å².